The Balaban J connectivity index is 1.50. The van der Waals surface area contributed by atoms with Crippen molar-refractivity contribution >= 4 is 37.1 Å². The number of hydrogen-bond donors (Lipinski definition) is 0. The van der Waals surface area contributed by atoms with E-state index < -0.39 is 0 Å². The van der Waals surface area contributed by atoms with Crippen LogP contribution in [0.5, 0.6) is 0 Å². The van der Waals surface area contributed by atoms with E-state index in [1.165, 1.54) is 40.2 Å². The summed E-state index contributed by atoms with van der Waals surface area (Å²) in [6, 6.07) is 44.5. The van der Waals surface area contributed by atoms with E-state index in [1.54, 1.807) is 0 Å². The van der Waals surface area contributed by atoms with Crippen LogP contribution in [-0.2, 0) is 0 Å². The molecule has 0 aliphatic rings. The minimum absolute atomic E-state index is 0.302. The fraction of sp³-hybridized carbons (Fsp3) is 0.172. The molecule has 0 aromatic heterocycles. The SMILES string of the molecule is C[C@@H](CCCP(c1ccccc1)c1ccccc1)P(c1ccccc1)c1ccccc1. The summed E-state index contributed by atoms with van der Waals surface area (Å²) in [5, 5.41) is 5.96. The summed E-state index contributed by atoms with van der Waals surface area (Å²) in [5.74, 6) is 0. The Morgan fingerprint density at radius 3 is 1.26 bits per heavy atom. The van der Waals surface area contributed by atoms with Gasteiger partial charge in [-0.05, 0) is 61.7 Å². The molecule has 2 heteroatoms. The molecule has 0 heterocycles. The van der Waals surface area contributed by atoms with E-state index in [0.29, 0.717) is 5.66 Å². The van der Waals surface area contributed by atoms with Gasteiger partial charge in [0.1, 0.15) is 0 Å². The molecule has 0 N–H and O–H groups in total. The zero-order valence-electron chi connectivity index (χ0n) is 18.1. The molecule has 0 unspecified atom stereocenters. The summed E-state index contributed by atoms with van der Waals surface area (Å²) >= 11 is 0. The van der Waals surface area contributed by atoms with Gasteiger partial charge in [-0.3, -0.25) is 0 Å². The predicted octanol–water partition coefficient (Wildman–Crippen LogP) is 6.42. The van der Waals surface area contributed by atoms with Crippen molar-refractivity contribution in [2.75, 3.05) is 6.16 Å². The smallest absolute Gasteiger partial charge is 0.0157 e. The Labute approximate surface area is 189 Å². The van der Waals surface area contributed by atoms with Crippen LogP contribution >= 0.6 is 15.8 Å². The second kappa shape index (κ2) is 11.4. The Morgan fingerprint density at radius 2 is 0.871 bits per heavy atom. The number of hydrogen-bond acceptors (Lipinski definition) is 0. The van der Waals surface area contributed by atoms with Gasteiger partial charge in [0.05, 0.1) is 0 Å². The van der Waals surface area contributed by atoms with Gasteiger partial charge in [0.15, 0.2) is 0 Å². The molecule has 31 heavy (non-hydrogen) atoms. The summed E-state index contributed by atoms with van der Waals surface area (Å²) in [7, 11) is -0.646. The van der Waals surface area contributed by atoms with E-state index in [4.69, 9.17) is 0 Å². The third kappa shape index (κ3) is 5.92. The van der Waals surface area contributed by atoms with E-state index in [2.05, 4.69) is 128 Å². The average molecular weight is 441 g/mol. The van der Waals surface area contributed by atoms with Gasteiger partial charge in [-0.25, -0.2) is 0 Å². The van der Waals surface area contributed by atoms with Crippen LogP contribution in [0.4, 0.5) is 0 Å². The first-order valence-corrected chi connectivity index (χ1v) is 14.0. The molecule has 0 aliphatic carbocycles. The van der Waals surface area contributed by atoms with Gasteiger partial charge in [0, 0.05) is 0 Å². The lowest BCUT2D eigenvalue weighted by molar-refractivity contribution is 0.787. The van der Waals surface area contributed by atoms with Gasteiger partial charge in [-0.2, -0.15) is 0 Å². The van der Waals surface area contributed by atoms with Crippen molar-refractivity contribution in [1.82, 2.24) is 0 Å². The van der Waals surface area contributed by atoms with Crippen molar-refractivity contribution in [2.45, 2.75) is 25.4 Å². The summed E-state index contributed by atoms with van der Waals surface area (Å²) in [6.07, 6.45) is 3.77. The highest BCUT2D eigenvalue weighted by atomic mass is 31.1. The van der Waals surface area contributed by atoms with Crippen LogP contribution in [0.1, 0.15) is 19.8 Å². The number of rotatable bonds is 9. The highest BCUT2D eigenvalue weighted by molar-refractivity contribution is 7.73. The van der Waals surface area contributed by atoms with Gasteiger partial charge in [-0.15, -0.1) is 0 Å². The normalized spacial score (nSPS) is 12.2. The lowest BCUT2D eigenvalue weighted by Crippen LogP contribution is -2.20. The van der Waals surface area contributed by atoms with Crippen LogP contribution in [0.2, 0.25) is 0 Å². The summed E-state index contributed by atoms with van der Waals surface area (Å²) in [4.78, 5) is 0. The van der Waals surface area contributed by atoms with Gasteiger partial charge in [0.2, 0.25) is 0 Å². The Morgan fingerprint density at radius 1 is 0.516 bits per heavy atom. The van der Waals surface area contributed by atoms with E-state index in [9.17, 15) is 0 Å². The van der Waals surface area contributed by atoms with Crippen LogP contribution in [0.15, 0.2) is 121 Å². The zero-order valence-corrected chi connectivity index (χ0v) is 19.9. The minimum atomic E-state index is -0.344. The van der Waals surface area contributed by atoms with E-state index >= 15 is 0 Å². The molecule has 0 aliphatic heterocycles. The molecule has 0 spiro atoms. The van der Waals surface area contributed by atoms with Crippen molar-refractivity contribution < 1.29 is 0 Å². The highest BCUT2D eigenvalue weighted by Crippen LogP contribution is 2.43. The molecule has 4 aromatic carbocycles. The standard InChI is InChI=1S/C29H30P2/c1-25(31(28-20-10-4-11-21-28)29-22-12-5-13-23-29)15-14-24-30(26-16-6-2-7-17-26)27-18-8-3-9-19-27/h2-13,16-23,25H,14-15,24H2,1H3/t25-/m0/s1. The zero-order chi connectivity index (χ0) is 21.3. The highest BCUT2D eigenvalue weighted by Gasteiger charge is 2.21. The molecule has 4 rings (SSSR count). The first-order chi connectivity index (χ1) is 15.3. The fourth-order valence-corrected chi connectivity index (χ4v) is 9.25. The minimum Gasteiger partial charge on any atom is -0.0622 e. The Bertz CT molecular complexity index is 938. The summed E-state index contributed by atoms with van der Waals surface area (Å²) in [6.45, 7) is 2.46. The molecule has 1 atom stereocenters. The van der Waals surface area contributed by atoms with Crippen molar-refractivity contribution in [3.63, 3.8) is 0 Å². The van der Waals surface area contributed by atoms with Crippen molar-refractivity contribution in [3.05, 3.63) is 121 Å². The lowest BCUT2D eigenvalue weighted by atomic mass is 10.3. The fourth-order valence-electron chi connectivity index (χ4n) is 4.13. The van der Waals surface area contributed by atoms with Gasteiger partial charge >= 0.3 is 0 Å². The van der Waals surface area contributed by atoms with Crippen LogP contribution in [0.3, 0.4) is 0 Å². The van der Waals surface area contributed by atoms with Crippen molar-refractivity contribution in [3.8, 4) is 0 Å². The predicted molar refractivity (Wildman–Crippen MR) is 142 cm³/mol. The first kappa shape index (κ1) is 22.0. The van der Waals surface area contributed by atoms with Crippen molar-refractivity contribution in [2.24, 2.45) is 0 Å². The number of benzene rings is 4. The van der Waals surface area contributed by atoms with Crippen LogP contribution in [-0.4, -0.2) is 11.8 Å². The third-order valence-electron chi connectivity index (χ3n) is 5.65. The van der Waals surface area contributed by atoms with Gasteiger partial charge in [-0.1, -0.05) is 128 Å². The van der Waals surface area contributed by atoms with Crippen molar-refractivity contribution in [1.29, 1.82) is 0 Å². The maximum Gasteiger partial charge on any atom is -0.0157 e. The molecule has 0 saturated carbocycles. The van der Waals surface area contributed by atoms with E-state index in [0.717, 1.165) is 0 Å². The summed E-state index contributed by atoms with van der Waals surface area (Å²) in [5.41, 5.74) is 0.656. The molecule has 0 bridgehead atoms. The Kier molecular flexibility index (Phi) is 8.06. The quantitative estimate of drug-likeness (QED) is 0.264. The van der Waals surface area contributed by atoms with Crippen LogP contribution in [0.25, 0.3) is 0 Å². The monoisotopic (exact) mass is 440 g/mol. The molecule has 0 amide bonds. The Hall–Kier alpha value is -2.26. The molecule has 0 saturated heterocycles. The molecule has 0 radical (unpaired) electrons. The molecule has 4 aromatic rings. The average Bonchev–Trinajstić information content (AvgIpc) is 2.84. The van der Waals surface area contributed by atoms with Gasteiger partial charge in [0.25, 0.3) is 0 Å². The summed E-state index contributed by atoms with van der Waals surface area (Å²) < 4.78 is 0. The second-order valence-electron chi connectivity index (χ2n) is 7.86. The molecular formula is C29H30P2. The maximum absolute atomic E-state index is 2.46. The second-order valence-corrected chi connectivity index (χ2v) is 12.8. The molecular weight excluding hydrogens is 410 g/mol. The van der Waals surface area contributed by atoms with E-state index in [1.807, 2.05) is 0 Å². The molecule has 156 valence electrons. The van der Waals surface area contributed by atoms with Crippen LogP contribution < -0.4 is 21.2 Å². The topological polar surface area (TPSA) is 0 Å². The first-order valence-electron chi connectivity index (χ1n) is 11.1. The van der Waals surface area contributed by atoms with Crippen LogP contribution in [0, 0.1) is 0 Å². The molecule has 0 fully saturated rings. The largest absolute Gasteiger partial charge is 0.0622 e. The maximum atomic E-state index is 2.46. The lowest BCUT2D eigenvalue weighted by Gasteiger charge is -2.27. The van der Waals surface area contributed by atoms with E-state index in [-0.39, 0.29) is 15.8 Å². The molecule has 0 nitrogen and oxygen atoms in total. The third-order valence-corrected chi connectivity index (χ3v) is 11.1. The van der Waals surface area contributed by atoms with Gasteiger partial charge < -0.3 is 0 Å².